The molecule has 0 bridgehead atoms. The lowest BCUT2D eigenvalue weighted by Crippen LogP contribution is -2.59. The quantitative estimate of drug-likeness (QED) is 0.196. The van der Waals surface area contributed by atoms with Crippen molar-refractivity contribution >= 4 is 41.4 Å². The number of esters is 1. The molecular formula is C36H48ClN3O11. The molecule has 1 unspecified atom stereocenters. The first-order valence-electron chi connectivity index (χ1n) is 16.9. The van der Waals surface area contributed by atoms with Crippen molar-refractivity contribution in [3.63, 3.8) is 0 Å². The Morgan fingerprint density at radius 3 is 1.96 bits per heavy atom. The Morgan fingerprint density at radius 2 is 1.45 bits per heavy atom. The molecule has 51 heavy (non-hydrogen) atoms. The predicted molar refractivity (Wildman–Crippen MR) is 186 cm³/mol. The van der Waals surface area contributed by atoms with E-state index in [1.54, 1.807) is 85.7 Å². The van der Waals surface area contributed by atoms with Crippen molar-refractivity contribution in [1.29, 1.82) is 0 Å². The van der Waals surface area contributed by atoms with Crippen LogP contribution in [0.15, 0.2) is 42.5 Å². The summed E-state index contributed by atoms with van der Waals surface area (Å²) in [6, 6.07) is 10.5. The SMILES string of the molecule is CCN(CC)C(=O)C(OC(=O)C1(C(=O)O)Oc2ccc(C[C@@H](C)N(C[C@H](O)c3cccc(Cl)c3)C(=O)OC(C)(C)C)cc2O1)C(=O)N(CC)CC. The fraction of sp³-hybridized carbons (Fsp3) is 0.528. The molecule has 1 aliphatic rings. The number of hydrogen-bond donors (Lipinski definition) is 2. The Hall–Kier alpha value is -4.56. The maximum Gasteiger partial charge on any atom is 0.453 e. The van der Waals surface area contributed by atoms with Gasteiger partial charge in [-0.3, -0.25) is 9.59 Å². The first-order chi connectivity index (χ1) is 23.9. The lowest BCUT2D eigenvalue weighted by atomic mass is 10.0. The van der Waals surface area contributed by atoms with E-state index in [0.717, 1.165) is 0 Å². The number of aliphatic hydroxyl groups is 1. The van der Waals surface area contributed by atoms with E-state index < -0.39 is 59.5 Å². The highest BCUT2D eigenvalue weighted by Gasteiger charge is 2.60. The van der Waals surface area contributed by atoms with Gasteiger partial charge in [0.25, 0.3) is 17.9 Å². The second-order valence-electron chi connectivity index (χ2n) is 13.0. The van der Waals surface area contributed by atoms with Gasteiger partial charge < -0.3 is 43.9 Å². The fourth-order valence-electron chi connectivity index (χ4n) is 5.44. The molecule has 1 aliphatic heterocycles. The summed E-state index contributed by atoms with van der Waals surface area (Å²) in [7, 11) is 0. The molecule has 0 radical (unpaired) electrons. The molecule has 280 valence electrons. The van der Waals surface area contributed by atoms with Gasteiger partial charge in [-0.05, 0) is 97.2 Å². The number of benzene rings is 2. The van der Waals surface area contributed by atoms with Gasteiger partial charge in [0.2, 0.25) is 0 Å². The number of fused-ring (bicyclic) bond motifs is 1. The van der Waals surface area contributed by atoms with E-state index in [1.165, 1.54) is 26.8 Å². The second kappa shape index (κ2) is 17.1. The highest BCUT2D eigenvalue weighted by Crippen LogP contribution is 2.41. The van der Waals surface area contributed by atoms with Crippen molar-refractivity contribution in [3.8, 4) is 11.5 Å². The number of halogens is 1. The summed E-state index contributed by atoms with van der Waals surface area (Å²) < 4.78 is 22.2. The van der Waals surface area contributed by atoms with Crippen LogP contribution in [0.5, 0.6) is 11.5 Å². The first kappa shape index (κ1) is 40.9. The lowest BCUT2D eigenvalue weighted by molar-refractivity contribution is -0.205. The number of ether oxygens (including phenoxy) is 4. The number of aliphatic hydroxyl groups excluding tert-OH is 1. The smallest absolute Gasteiger partial charge is 0.453 e. The van der Waals surface area contributed by atoms with E-state index >= 15 is 0 Å². The highest BCUT2D eigenvalue weighted by molar-refractivity contribution is 6.30. The Bertz CT molecular complexity index is 1560. The molecule has 0 saturated carbocycles. The van der Waals surface area contributed by atoms with Crippen LogP contribution in [0.4, 0.5) is 4.79 Å². The number of nitrogens with zero attached hydrogens (tertiary/aromatic N) is 3. The topological polar surface area (TPSA) is 172 Å². The largest absolute Gasteiger partial charge is 0.475 e. The van der Waals surface area contributed by atoms with Crippen molar-refractivity contribution in [2.75, 3.05) is 32.7 Å². The van der Waals surface area contributed by atoms with Crippen LogP contribution in [0.1, 0.15) is 72.6 Å². The van der Waals surface area contributed by atoms with E-state index in [9.17, 15) is 34.2 Å². The Morgan fingerprint density at radius 1 is 0.882 bits per heavy atom. The van der Waals surface area contributed by atoms with Gasteiger partial charge in [0.05, 0.1) is 12.6 Å². The zero-order valence-corrected chi connectivity index (χ0v) is 31.1. The third kappa shape index (κ3) is 9.82. The summed E-state index contributed by atoms with van der Waals surface area (Å²) >= 11 is 6.11. The molecule has 2 aromatic carbocycles. The number of carboxylic acids is 1. The van der Waals surface area contributed by atoms with Crippen LogP contribution in [0.25, 0.3) is 0 Å². The molecular weight excluding hydrogens is 686 g/mol. The molecule has 0 aliphatic carbocycles. The molecule has 2 N–H and O–H groups in total. The number of carbonyl (C=O) groups excluding carboxylic acids is 4. The van der Waals surface area contributed by atoms with Gasteiger partial charge in [-0.15, -0.1) is 0 Å². The molecule has 1 heterocycles. The molecule has 0 aromatic heterocycles. The molecule has 3 amide bonds. The van der Waals surface area contributed by atoms with Crippen LogP contribution in [0, 0.1) is 0 Å². The van der Waals surface area contributed by atoms with Gasteiger partial charge in [-0.25, -0.2) is 14.4 Å². The van der Waals surface area contributed by atoms with Crippen molar-refractivity contribution < 1.29 is 53.1 Å². The molecule has 0 spiro atoms. The van der Waals surface area contributed by atoms with E-state index in [-0.39, 0.29) is 50.6 Å². The van der Waals surface area contributed by atoms with E-state index in [1.807, 2.05) is 0 Å². The van der Waals surface area contributed by atoms with Gasteiger partial charge in [-0.2, -0.15) is 0 Å². The van der Waals surface area contributed by atoms with Crippen LogP contribution in [-0.2, 0) is 35.1 Å². The number of carboxylic acid groups (broad SMARTS) is 1. The maximum atomic E-state index is 13.6. The third-order valence-corrected chi connectivity index (χ3v) is 8.42. The average Bonchev–Trinajstić information content (AvgIpc) is 3.46. The fourth-order valence-corrected chi connectivity index (χ4v) is 5.64. The van der Waals surface area contributed by atoms with Crippen LogP contribution in [-0.4, -0.2) is 111 Å². The van der Waals surface area contributed by atoms with Crippen molar-refractivity contribution in [3.05, 3.63) is 58.6 Å². The monoisotopic (exact) mass is 733 g/mol. The highest BCUT2D eigenvalue weighted by atomic mass is 35.5. The molecule has 14 nitrogen and oxygen atoms in total. The number of hydrogen-bond acceptors (Lipinski definition) is 10. The van der Waals surface area contributed by atoms with Crippen molar-refractivity contribution in [2.45, 2.75) is 91.4 Å². The Kier molecular flexibility index (Phi) is 13.7. The Labute approximate surface area is 303 Å². The number of amides is 3. The minimum absolute atomic E-state index is 0.104. The Balaban J connectivity index is 1.89. The molecule has 15 heteroatoms. The summed E-state index contributed by atoms with van der Waals surface area (Å²) in [4.78, 5) is 70.1. The molecule has 0 fully saturated rings. The summed E-state index contributed by atoms with van der Waals surface area (Å²) in [5.74, 6) is -8.37. The van der Waals surface area contributed by atoms with Gasteiger partial charge in [0.15, 0.2) is 11.5 Å². The normalized spacial score (nSPS) is 16.2. The van der Waals surface area contributed by atoms with Crippen LogP contribution in [0.3, 0.4) is 0 Å². The van der Waals surface area contributed by atoms with Crippen LogP contribution < -0.4 is 9.47 Å². The van der Waals surface area contributed by atoms with Crippen molar-refractivity contribution in [1.82, 2.24) is 14.7 Å². The molecule has 0 saturated heterocycles. The molecule has 3 rings (SSSR count). The number of aliphatic carboxylic acids is 1. The molecule has 3 atom stereocenters. The zero-order chi connectivity index (χ0) is 38.3. The van der Waals surface area contributed by atoms with Gasteiger partial charge in [-0.1, -0.05) is 29.8 Å². The summed E-state index contributed by atoms with van der Waals surface area (Å²) in [5, 5.41) is 21.6. The van der Waals surface area contributed by atoms with Gasteiger partial charge in [0, 0.05) is 37.2 Å². The van der Waals surface area contributed by atoms with Crippen LogP contribution >= 0.6 is 11.6 Å². The number of likely N-dealkylation sites (N-methyl/N-ethyl adjacent to an activating group) is 2. The average molecular weight is 734 g/mol. The predicted octanol–water partition coefficient (Wildman–Crippen LogP) is 4.44. The minimum atomic E-state index is -3.05. The zero-order valence-electron chi connectivity index (χ0n) is 30.3. The van der Waals surface area contributed by atoms with E-state index in [2.05, 4.69) is 0 Å². The standard InChI is InChI=1S/C36H48ClN3O11/c1-9-38(10-2)30(42)29(31(43)39(11-3)12-4)48-33(46)36(32(44)45)49-27-17-16-23(19-28(27)50-36)18-22(5)40(34(47)51-35(6,7)8)21-26(41)24-14-13-15-25(37)20-24/h13-17,19-20,22,26,29,41H,9-12,18,21H2,1-8H3,(H,44,45)/t22-,26+,36?/m1/s1. The summed E-state index contributed by atoms with van der Waals surface area (Å²) in [6.45, 7) is 14.4. The maximum absolute atomic E-state index is 13.6. The van der Waals surface area contributed by atoms with Gasteiger partial charge in [0.1, 0.15) is 5.60 Å². The second-order valence-corrected chi connectivity index (χ2v) is 13.4. The number of rotatable bonds is 15. The van der Waals surface area contributed by atoms with E-state index in [4.69, 9.17) is 30.5 Å². The lowest BCUT2D eigenvalue weighted by Gasteiger charge is -2.33. The minimum Gasteiger partial charge on any atom is -0.475 e. The van der Waals surface area contributed by atoms with E-state index in [0.29, 0.717) is 16.1 Å². The van der Waals surface area contributed by atoms with Crippen LogP contribution in [0.2, 0.25) is 5.02 Å². The molecule has 2 aromatic rings. The summed E-state index contributed by atoms with van der Waals surface area (Å²) in [6.07, 6.45) is -3.55. The first-order valence-corrected chi connectivity index (χ1v) is 17.2. The third-order valence-electron chi connectivity index (χ3n) is 8.18. The van der Waals surface area contributed by atoms with Crippen molar-refractivity contribution in [2.24, 2.45) is 0 Å². The van der Waals surface area contributed by atoms with Gasteiger partial charge >= 0.3 is 23.8 Å². The number of carbonyl (C=O) groups is 5. The summed E-state index contributed by atoms with van der Waals surface area (Å²) in [5.41, 5.74) is 0.230.